The highest BCUT2D eigenvalue weighted by Gasteiger charge is 2.35. The fraction of sp³-hybridized carbons (Fsp3) is 0.280. The minimum absolute atomic E-state index is 0.108. The Kier molecular flexibility index (Phi) is 5.30. The van der Waals surface area contributed by atoms with Gasteiger partial charge in [0.25, 0.3) is 0 Å². The quantitative estimate of drug-likeness (QED) is 0.467. The molecule has 1 unspecified atom stereocenters. The van der Waals surface area contributed by atoms with Gasteiger partial charge >= 0.3 is 0 Å². The number of benzene rings is 1. The van der Waals surface area contributed by atoms with E-state index in [-0.39, 0.29) is 12.0 Å². The number of hydrogen-bond acceptors (Lipinski definition) is 7. The number of aryl methyl sites for hydroxylation is 2. The van der Waals surface area contributed by atoms with Gasteiger partial charge in [0.15, 0.2) is 0 Å². The third-order valence-electron chi connectivity index (χ3n) is 6.32. The van der Waals surface area contributed by atoms with Crippen LogP contribution in [-0.2, 0) is 18.9 Å². The largest absolute Gasteiger partial charge is 0.495 e. The van der Waals surface area contributed by atoms with Gasteiger partial charge in [-0.15, -0.1) is 0 Å². The molecule has 1 aliphatic carbocycles. The van der Waals surface area contributed by atoms with Crippen LogP contribution >= 0.6 is 0 Å². The van der Waals surface area contributed by atoms with Gasteiger partial charge < -0.3 is 15.2 Å². The number of ether oxygens (including phenoxy) is 1. The molecule has 0 saturated carbocycles. The second kappa shape index (κ2) is 8.29. The molecule has 1 aromatic carbocycles. The third-order valence-corrected chi connectivity index (χ3v) is 6.32. The summed E-state index contributed by atoms with van der Waals surface area (Å²) in [6.45, 7) is 2.19. The lowest BCUT2D eigenvalue weighted by Gasteiger charge is -2.22. The zero-order valence-electron chi connectivity index (χ0n) is 18.9. The Labute approximate surface area is 192 Å². The number of nitrogens with zero attached hydrogens (tertiary/aromatic N) is 5. The number of aromatic nitrogens is 5. The van der Waals surface area contributed by atoms with Gasteiger partial charge in [-0.3, -0.25) is 9.67 Å². The maximum atomic E-state index is 9.90. The first kappa shape index (κ1) is 21.1. The van der Waals surface area contributed by atoms with Crippen LogP contribution in [-0.4, -0.2) is 43.6 Å². The molecule has 0 bridgehead atoms. The number of methoxy groups -OCH3 is 1. The van der Waals surface area contributed by atoms with E-state index in [4.69, 9.17) is 9.72 Å². The summed E-state index contributed by atoms with van der Waals surface area (Å²) in [7, 11) is 3.53. The molecule has 1 aliphatic rings. The van der Waals surface area contributed by atoms with Crippen LogP contribution in [0.4, 0.5) is 11.6 Å². The van der Waals surface area contributed by atoms with E-state index in [1.807, 2.05) is 49.9 Å². The summed E-state index contributed by atoms with van der Waals surface area (Å²) in [6, 6.07) is 9.87. The summed E-state index contributed by atoms with van der Waals surface area (Å²) in [6.07, 6.45) is 9.14. The molecule has 0 radical (unpaired) electrons. The predicted molar refractivity (Wildman–Crippen MR) is 127 cm³/mol. The molecule has 0 spiro atoms. The lowest BCUT2D eigenvalue weighted by molar-refractivity contribution is 0.206. The molecule has 33 heavy (non-hydrogen) atoms. The van der Waals surface area contributed by atoms with E-state index in [9.17, 15) is 5.11 Å². The lowest BCUT2D eigenvalue weighted by atomic mass is 9.85. The Morgan fingerprint density at radius 2 is 2.00 bits per heavy atom. The first-order valence-electron chi connectivity index (χ1n) is 10.9. The van der Waals surface area contributed by atoms with Crippen molar-refractivity contribution in [3.05, 3.63) is 66.4 Å². The number of hydrogen-bond donors (Lipinski definition) is 2. The van der Waals surface area contributed by atoms with Crippen molar-refractivity contribution in [3.8, 4) is 28.1 Å². The van der Waals surface area contributed by atoms with Crippen LogP contribution < -0.4 is 10.1 Å². The Balaban J connectivity index is 1.43. The molecule has 0 amide bonds. The number of anilines is 2. The summed E-state index contributed by atoms with van der Waals surface area (Å²) in [4.78, 5) is 13.7. The monoisotopic (exact) mass is 442 g/mol. The van der Waals surface area contributed by atoms with Gasteiger partial charge in [-0.05, 0) is 48.2 Å². The molecule has 0 saturated heterocycles. The lowest BCUT2D eigenvalue weighted by Crippen LogP contribution is -2.23. The van der Waals surface area contributed by atoms with Crippen molar-refractivity contribution < 1.29 is 9.84 Å². The van der Waals surface area contributed by atoms with Crippen molar-refractivity contribution >= 4 is 11.6 Å². The molecule has 5 rings (SSSR count). The molecule has 3 aromatic heterocycles. The standard InChI is InChI=1S/C25H26N6O2/c1-25(15-32)8-6-21-19(25)10-17(12-27-21)20-7-9-26-24(29-20)30-22-5-4-16(11-23(22)33-3)18-13-28-31(2)14-18/h4-5,7,9-14,32H,6,8,15H2,1-3H3,(H,26,29,30). The van der Waals surface area contributed by atoms with Gasteiger partial charge in [0.2, 0.25) is 5.95 Å². The molecule has 168 valence electrons. The molecule has 8 heteroatoms. The third kappa shape index (κ3) is 3.93. The molecule has 8 nitrogen and oxygen atoms in total. The smallest absolute Gasteiger partial charge is 0.227 e. The maximum absolute atomic E-state index is 9.90. The van der Waals surface area contributed by atoms with E-state index < -0.39 is 0 Å². The molecular weight excluding hydrogens is 416 g/mol. The fourth-order valence-electron chi connectivity index (χ4n) is 4.29. The second-order valence-corrected chi connectivity index (χ2v) is 8.65. The zero-order valence-corrected chi connectivity index (χ0v) is 18.9. The first-order valence-corrected chi connectivity index (χ1v) is 10.9. The van der Waals surface area contributed by atoms with Gasteiger partial charge in [0.05, 0.1) is 31.3 Å². The molecule has 4 aromatic rings. The van der Waals surface area contributed by atoms with Crippen LogP contribution in [0, 0.1) is 0 Å². The summed E-state index contributed by atoms with van der Waals surface area (Å²) in [5, 5.41) is 17.4. The highest BCUT2D eigenvalue weighted by Crippen LogP contribution is 2.39. The molecule has 2 N–H and O–H groups in total. The number of aliphatic hydroxyl groups excluding tert-OH is 1. The Morgan fingerprint density at radius 3 is 2.76 bits per heavy atom. The second-order valence-electron chi connectivity index (χ2n) is 8.65. The SMILES string of the molecule is COc1cc(-c2cnn(C)c2)ccc1Nc1nccc(-c2cnc3c(c2)C(C)(CO)CC3)n1. The minimum atomic E-state index is -0.254. The van der Waals surface area contributed by atoms with Crippen LogP contribution in [0.15, 0.2) is 55.1 Å². The van der Waals surface area contributed by atoms with Gasteiger partial charge in [-0.1, -0.05) is 13.0 Å². The van der Waals surface area contributed by atoms with Crippen molar-refractivity contribution in [3.63, 3.8) is 0 Å². The average Bonchev–Trinajstić information content (AvgIpc) is 3.43. The van der Waals surface area contributed by atoms with E-state index in [0.29, 0.717) is 11.7 Å². The Hall–Kier alpha value is -3.78. The van der Waals surface area contributed by atoms with Crippen molar-refractivity contribution in [1.29, 1.82) is 0 Å². The minimum Gasteiger partial charge on any atom is -0.495 e. The van der Waals surface area contributed by atoms with Crippen LogP contribution in [0.1, 0.15) is 24.6 Å². The van der Waals surface area contributed by atoms with E-state index >= 15 is 0 Å². The van der Waals surface area contributed by atoms with Crippen molar-refractivity contribution in [2.75, 3.05) is 19.0 Å². The molecule has 0 aliphatic heterocycles. The normalized spacial score (nSPS) is 17.1. The van der Waals surface area contributed by atoms with Crippen LogP contribution in [0.3, 0.4) is 0 Å². The van der Waals surface area contributed by atoms with Gasteiger partial charge in [0.1, 0.15) is 5.75 Å². The number of pyridine rings is 1. The van der Waals surface area contributed by atoms with Crippen LogP contribution in [0.25, 0.3) is 22.4 Å². The molecule has 0 fully saturated rings. The van der Waals surface area contributed by atoms with E-state index in [2.05, 4.69) is 33.4 Å². The summed E-state index contributed by atoms with van der Waals surface area (Å²) in [5.41, 5.74) is 6.36. The van der Waals surface area contributed by atoms with E-state index in [1.54, 1.807) is 18.0 Å². The number of rotatable bonds is 6. The maximum Gasteiger partial charge on any atom is 0.227 e. The average molecular weight is 443 g/mol. The van der Waals surface area contributed by atoms with Gasteiger partial charge in [-0.25, -0.2) is 9.97 Å². The van der Waals surface area contributed by atoms with Gasteiger partial charge in [-0.2, -0.15) is 5.10 Å². The summed E-state index contributed by atoms with van der Waals surface area (Å²) in [5.74, 6) is 1.15. The van der Waals surface area contributed by atoms with Crippen molar-refractivity contribution in [2.24, 2.45) is 7.05 Å². The van der Waals surface area contributed by atoms with Crippen molar-refractivity contribution in [2.45, 2.75) is 25.2 Å². The van der Waals surface area contributed by atoms with Crippen molar-refractivity contribution in [1.82, 2.24) is 24.7 Å². The Bertz CT molecular complexity index is 1320. The fourth-order valence-corrected chi connectivity index (χ4v) is 4.29. The molecule has 3 heterocycles. The number of aliphatic hydroxyl groups is 1. The van der Waals surface area contributed by atoms with E-state index in [0.717, 1.165) is 52.2 Å². The summed E-state index contributed by atoms with van der Waals surface area (Å²) < 4.78 is 7.38. The van der Waals surface area contributed by atoms with Gasteiger partial charge in [0, 0.05) is 47.9 Å². The highest BCUT2D eigenvalue weighted by molar-refractivity contribution is 5.72. The topological polar surface area (TPSA) is 98.0 Å². The Morgan fingerprint density at radius 1 is 1.12 bits per heavy atom. The number of nitrogens with one attached hydrogen (secondary N) is 1. The first-order chi connectivity index (χ1) is 16.0. The molecule has 1 atom stereocenters. The highest BCUT2D eigenvalue weighted by atomic mass is 16.5. The van der Waals surface area contributed by atoms with E-state index in [1.165, 1.54) is 0 Å². The van der Waals surface area contributed by atoms with Crippen LogP contribution in [0.5, 0.6) is 5.75 Å². The number of fused-ring (bicyclic) bond motifs is 1. The predicted octanol–water partition coefficient (Wildman–Crippen LogP) is 3.89. The van der Waals surface area contributed by atoms with Crippen LogP contribution in [0.2, 0.25) is 0 Å². The zero-order chi connectivity index (χ0) is 23.0. The molecular formula is C25H26N6O2. The summed E-state index contributed by atoms with van der Waals surface area (Å²) >= 11 is 0.